The molecule has 1 fully saturated rings. The monoisotopic (exact) mass is 227 g/mol. The standard InChI is InChI=1S/C12H21NO3/c1-6-12(5)8(7-9(12)14)13-10(15)16-11(2,3)4/h8H,6-7H2,1-5H3,(H,13,15). The number of nitrogens with one attached hydrogen (secondary N) is 1. The van der Waals surface area contributed by atoms with Crippen molar-refractivity contribution in [1.29, 1.82) is 0 Å². The Kier molecular flexibility index (Phi) is 3.31. The van der Waals surface area contributed by atoms with E-state index in [9.17, 15) is 9.59 Å². The van der Waals surface area contributed by atoms with Gasteiger partial charge in [-0.15, -0.1) is 0 Å². The molecule has 4 nitrogen and oxygen atoms in total. The van der Waals surface area contributed by atoms with Crippen LogP contribution >= 0.6 is 0 Å². The van der Waals surface area contributed by atoms with Gasteiger partial charge in [-0.2, -0.15) is 0 Å². The quantitative estimate of drug-likeness (QED) is 0.787. The second kappa shape index (κ2) is 4.07. The molecule has 0 radical (unpaired) electrons. The Labute approximate surface area is 96.7 Å². The molecule has 0 spiro atoms. The summed E-state index contributed by atoms with van der Waals surface area (Å²) in [5.41, 5.74) is -0.905. The highest BCUT2D eigenvalue weighted by molar-refractivity contribution is 5.93. The van der Waals surface area contributed by atoms with Crippen molar-refractivity contribution >= 4 is 11.9 Å². The van der Waals surface area contributed by atoms with Gasteiger partial charge in [0.1, 0.15) is 11.4 Å². The van der Waals surface area contributed by atoms with Gasteiger partial charge in [-0.25, -0.2) is 4.79 Å². The van der Waals surface area contributed by atoms with E-state index in [0.717, 1.165) is 6.42 Å². The molecule has 0 saturated heterocycles. The third-order valence-corrected chi connectivity index (χ3v) is 3.22. The summed E-state index contributed by atoms with van der Waals surface area (Å²) in [4.78, 5) is 23.0. The maximum Gasteiger partial charge on any atom is 0.407 e. The molecule has 0 aromatic rings. The van der Waals surface area contributed by atoms with Crippen LogP contribution in [-0.4, -0.2) is 23.5 Å². The molecule has 1 amide bonds. The first-order valence-electron chi connectivity index (χ1n) is 5.72. The summed E-state index contributed by atoms with van der Waals surface area (Å²) >= 11 is 0. The molecule has 1 aliphatic carbocycles. The fourth-order valence-electron chi connectivity index (χ4n) is 1.81. The Bertz CT molecular complexity index is 306. The highest BCUT2D eigenvalue weighted by Gasteiger charge is 2.50. The van der Waals surface area contributed by atoms with E-state index in [-0.39, 0.29) is 11.8 Å². The average molecular weight is 227 g/mol. The minimum Gasteiger partial charge on any atom is -0.444 e. The first kappa shape index (κ1) is 13.0. The number of alkyl carbamates (subject to hydrolysis) is 1. The topological polar surface area (TPSA) is 55.4 Å². The van der Waals surface area contributed by atoms with Gasteiger partial charge in [-0.05, 0) is 27.2 Å². The number of carbonyl (C=O) groups is 2. The number of rotatable bonds is 2. The van der Waals surface area contributed by atoms with E-state index in [2.05, 4.69) is 5.32 Å². The van der Waals surface area contributed by atoms with Crippen molar-refractivity contribution in [2.24, 2.45) is 5.41 Å². The maximum absolute atomic E-state index is 11.5. The van der Waals surface area contributed by atoms with E-state index in [1.54, 1.807) is 0 Å². The van der Waals surface area contributed by atoms with Crippen molar-refractivity contribution in [3.63, 3.8) is 0 Å². The van der Waals surface area contributed by atoms with Crippen LogP contribution in [0.4, 0.5) is 4.79 Å². The predicted octanol–water partition coefficient (Wildman–Crippen LogP) is 2.27. The Morgan fingerprint density at radius 2 is 2.12 bits per heavy atom. The number of carbonyl (C=O) groups excluding carboxylic acids is 2. The van der Waals surface area contributed by atoms with E-state index in [0.29, 0.717) is 6.42 Å². The van der Waals surface area contributed by atoms with Crippen LogP contribution in [0.15, 0.2) is 0 Å². The Balaban J connectivity index is 2.51. The molecule has 2 unspecified atom stereocenters. The molecule has 1 saturated carbocycles. The van der Waals surface area contributed by atoms with Crippen LogP contribution in [0.25, 0.3) is 0 Å². The highest BCUT2D eigenvalue weighted by Crippen LogP contribution is 2.40. The molecule has 4 heteroatoms. The van der Waals surface area contributed by atoms with Gasteiger partial charge in [0.05, 0.1) is 6.04 Å². The summed E-state index contributed by atoms with van der Waals surface area (Å²) in [6.45, 7) is 9.30. The molecule has 0 bridgehead atoms. The highest BCUT2D eigenvalue weighted by atomic mass is 16.6. The molecule has 1 aliphatic rings. The van der Waals surface area contributed by atoms with Crippen LogP contribution in [0.3, 0.4) is 0 Å². The van der Waals surface area contributed by atoms with E-state index < -0.39 is 17.1 Å². The predicted molar refractivity (Wildman–Crippen MR) is 61.2 cm³/mol. The summed E-state index contributed by atoms with van der Waals surface area (Å²) in [5.74, 6) is 0.219. The fourth-order valence-corrected chi connectivity index (χ4v) is 1.81. The van der Waals surface area contributed by atoms with Gasteiger partial charge >= 0.3 is 6.09 Å². The lowest BCUT2D eigenvalue weighted by Gasteiger charge is -2.44. The second-order valence-electron chi connectivity index (χ2n) is 5.60. The van der Waals surface area contributed by atoms with Crippen LogP contribution in [0.2, 0.25) is 0 Å². The van der Waals surface area contributed by atoms with Crippen molar-refractivity contribution < 1.29 is 14.3 Å². The zero-order valence-electron chi connectivity index (χ0n) is 10.7. The summed E-state index contributed by atoms with van der Waals surface area (Å²) in [5, 5.41) is 2.76. The SMILES string of the molecule is CCC1(C)C(=O)CC1NC(=O)OC(C)(C)C. The van der Waals surface area contributed by atoms with Crippen molar-refractivity contribution in [3.05, 3.63) is 0 Å². The summed E-state index contributed by atoms with van der Waals surface area (Å²) in [6.07, 6.45) is 0.722. The number of amides is 1. The summed E-state index contributed by atoms with van der Waals surface area (Å²) in [7, 11) is 0. The van der Waals surface area contributed by atoms with E-state index in [4.69, 9.17) is 4.74 Å². The van der Waals surface area contributed by atoms with Crippen molar-refractivity contribution in [2.75, 3.05) is 0 Å². The van der Waals surface area contributed by atoms with Gasteiger partial charge in [0.15, 0.2) is 0 Å². The molecule has 1 N–H and O–H groups in total. The van der Waals surface area contributed by atoms with Gasteiger partial charge in [-0.1, -0.05) is 13.8 Å². The molecule has 0 aromatic heterocycles. The summed E-state index contributed by atoms with van der Waals surface area (Å²) in [6, 6.07) is -0.0835. The molecular weight excluding hydrogens is 206 g/mol. The lowest BCUT2D eigenvalue weighted by Crippen LogP contribution is -2.60. The first-order chi connectivity index (χ1) is 7.19. The molecule has 0 heterocycles. The Morgan fingerprint density at radius 3 is 2.50 bits per heavy atom. The van der Waals surface area contributed by atoms with E-state index in [1.165, 1.54) is 0 Å². The van der Waals surface area contributed by atoms with Gasteiger partial charge < -0.3 is 10.1 Å². The molecule has 92 valence electrons. The zero-order valence-corrected chi connectivity index (χ0v) is 10.7. The van der Waals surface area contributed by atoms with Crippen molar-refractivity contribution in [3.8, 4) is 0 Å². The molecule has 0 aliphatic heterocycles. The molecule has 2 atom stereocenters. The minimum absolute atomic E-state index is 0.0835. The molecule has 16 heavy (non-hydrogen) atoms. The average Bonchev–Trinajstić information content (AvgIpc) is 2.13. The second-order valence-corrected chi connectivity index (χ2v) is 5.60. The van der Waals surface area contributed by atoms with Crippen molar-refractivity contribution in [1.82, 2.24) is 5.32 Å². The zero-order chi connectivity index (χ0) is 12.6. The first-order valence-corrected chi connectivity index (χ1v) is 5.72. The van der Waals surface area contributed by atoms with Crippen LogP contribution < -0.4 is 5.32 Å². The molecular formula is C12H21NO3. The van der Waals surface area contributed by atoms with Crippen LogP contribution in [0, 0.1) is 5.41 Å². The van der Waals surface area contributed by atoms with E-state index in [1.807, 2.05) is 34.6 Å². The lowest BCUT2D eigenvalue weighted by molar-refractivity contribution is -0.140. The Morgan fingerprint density at radius 1 is 1.56 bits per heavy atom. The fraction of sp³-hybridized carbons (Fsp3) is 0.833. The Hall–Kier alpha value is -1.06. The number of hydrogen-bond acceptors (Lipinski definition) is 3. The normalized spacial score (nSPS) is 29.6. The number of hydrogen-bond donors (Lipinski definition) is 1. The van der Waals surface area contributed by atoms with Gasteiger partial charge in [0.2, 0.25) is 0 Å². The number of ketones is 1. The lowest BCUT2D eigenvalue weighted by atomic mass is 9.63. The molecule has 1 rings (SSSR count). The van der Waals surface area contributed by atoms with Gasteiger partial charge in [-0.3, -0.25) is 4.79 Å². The maximum atomic E-state index is 11.5. The summed E-state index contributed by atoms with van der Waals surface area (Å²) < 4.78 is 5.16. The third kappa shape index (κ3) is 2.54. The smallest absolute Gasteiger partial charge is 0.407 e. The third-order valence-electron chi connectivity index (χ3n) is 3.22. The minimum atomic E-state index is -0.500. The van der Waals surface area contributed by atoms with Crippen LogP contribution in [0.1, 0.15) is 47.5 Å². The van der Waals surface area contributed by atoms with Gasteiger partial charge in [0.25, 0.3) is 0 Å². The number of ether oxygens (including phenoxy) is 1. The van der Waals surface area contributed by atoms with Crippen molar-refractivity contribution in [2.45, 2.75) is 59.1 Å². The van der Waals surface area contributed by atoms with Crippen LogP contribution in [0.5, 0.6) is 0 Å². The largest absolute Gasteiger partial charge is 0.444 e. The van der Waals surface area contributed by atoms with Gasteiger partial charge in [0, 0.05) is 11.8 Å². The molecule has 0 aromatic carbocycles. The number of Topliss-reactive ketones (excluding diaryl/α,β-unsaturated/α-hetero) is 1. The van der Waals surface area contributed by atoms with E-state index >= 15 is 0 Å². The van der Waals surface area contributed by atoms with Crippen LogP contribution in [-0.2, 0) is 9.53 Å².